The molecule has 0 atom stereocenters. The maximum absolute atomic E-state index is 5.84. The Balaban J connectivity index is 2.75. The van der Waals surface area contributed by atoms with Crippen molar-refractivity contribution < 1.29 is 0 Å². The molecular formula is C12H14N2. The zero-order valence-corrected chi connectivity index (χ0v) is 8.54. The molecule has 2 N–H and O–H groups in total. The lowest BCUT2D eigenvalue weighted by Crippen LogP contribution is -1.94. The Hall–Kier alpha value is -1.57. The quantitative estimate of drug-likeness (QED) is 0.743. The number of nitrogens with two attached hydrogens (primary N) is 1. The Kier molecular flexibility index (Phi) is 2.12. The zero-order valence-electron chi connectivity index (χ0n) is 8.54. The monoisotopic (exact) mass is 186 g/mol. The molecule has 1 heterocycles. The van der Waals surface area contributed by atoms with Gasteiger partial charge in [-0.3, -0.25) is 0 Å². The second-order valence-electron chi connectivity index (χ2n) is 3.56. The Morgan fingerprint density at radius 1 is 1.29 bits per heavy atom. The second kappa shape index (κ2) is 3.29. The van der Waals surface area contributed by atoms with Crippen LogP contribution in [0.1, 0.15) is 18.2 Å². The van der Waals surface area contributed by atoms with Gasteiger partial charge in [0.1, 0.15) is 5.82 Å². The molecule has 0 spiro atoms. The third-order valence-electron chi connectivity index (χ3n) is 2.46. The van der Waals surface area contributed by atoms with E-state index in [0.29, 0.717) is 5.82 Å². The van der Waals surface area contributed by atoms with E-state index in [1.54, 1.807) is 0 Å². The minimum Gasteiger partial charge on any atom is -0.383 e. The van der Waals surface area contributed by atoms with Crippen LogP contribution in [-0.2, 0) is 6.42 Å². The fourth-order valence-corrected chi connectivity index (χ4v) is 1.69. The van der Waals surface area contributed by atoms with Crippen LogP contribution in [0.3, 0.4) is 0 Å². The van der Waals surface area contributed by atoms with Crippen LogP contribution in [0.15, 0.2) is 24.3 Å². The summed E-state index contributed by atoms with van der Waals surface area (Å²) >= 11 is 0. The summed E-state index contributed by atoms with van der Waals surface area (Å²) in [6.45, 7) is 4.12. The van der Waals surface area contributed by atoms with Gasteiger partial charge in [0.05, 0.1) is 0 Å². The molecule has 14 heavy (non-hydrogen) atoms. The van der Waals surface area contributed by atoms with E-state index < -0.39 is 0 Å². The van der Waals surface area contributed by atoms with Crippen molar-refractivity contribution in [2.24, 2.45) is 0 Å². The maximum Gasteiger partial charge on any atom is 0.131 e. The Bertz CT molecular complexity index is 475. The highest BCUT2D eigenvalue weighted by Gasteiger charge is 2.01. The summed E-state index contributed by atoms with van der Waals surface area (Å²) in [6.07, 6.45) is 1.05. The zero-order chi connectivity index (χ0) is 10.1. The lowest BCUT2D eigenvalue weighted by atomic mass is 10.1. The van der Waals surface area contributed by atoms with Crippen molar-refractivity contribution >= 4 is 16.6 Å². The molecule has 0 unspecified atom stereocenters. The fourth-order valence-electron chi connectivity index (χ4n) is 1.69. The molecule has 0 aliphatic heterocycles. The lowest BCUT2D eigenvalue weighted by Gasteiger charge is -2.04. The van der Waals surface area contributed by atoms with Gasteiger partial charge in [0.2, 0.25) is 0 Å². The van der Waals surface area contributed by atoms with Crippen LogP contribution in [0, 0.1) is 6.92 Å². The third kappa shape index (κ3) is 1.43. The van der Waals surface area contributed by atoms with Crippen LogP contribution in [0.4, 0.5) is 5.82 Å². The molecule has 0 aliphatic carbocycles. The molecule has 2 aromatic rings. The molecule has 2 rings (SSSR count). The Labute approximate surface area is 83.8 Å². The van der Waals surface area contributed by atoms with Gasteiger partial charge in [-0.15, -0.1) is 0 Å². The van der Waals surface area contributed by atoms with Crippen LogP contribution in [0.2, 0.25) is 0 Å². The number of nitrogens with zero attached hydrogens (tertiary/aromatic N) is 1. The first-order valence-corrected chi connectivity index (χ1v) is 4.86. The van der Waals surface area contributed by atoms with Gasteiger partial charge in [0.25, 0.3) is 0 Å². The van der Waals surface area contributed by atoms with Crippen LogP contribution in [0.25, 0.3) is 10.8 Å². The summed E-state index contributed by atoms with van der Waals surface area (Å²) < 4.78 is 0. The number of anilines is 1. The van der Waals surface area contributed by atoms with Crippen LogP contribution in [0.5, 0.6) is 0 Å². The van der Waals surface area contributed by atoms with Crippen LogP contribution in [-0.4, -0.2) is 4.98 Å². The number of hydrogen-bond donors (Lipinski definition) is 1. The average Bonchev–Trinajstić information content (AvgIpc) is 2.16. The number of pyridine rings is 1. The number of benzene rings is 1. The summed E-state index contributed by atoms with van der Waals surface area (Å²) in [7, 11) is 0. The SMILES string of the molecule is CCc1ccc2c(N)nc(C)cc2c1. The standard InChI is InChI=1S/C12H14N2/c1-3-9-4-5-11-10(7-9)6-8(2)14-12(11)13/h4-7H,3H2,1-2H3,(H2,13,14). The highest BCUT2D eigenvalue weighted by Crippen LogP contribution is 2.21. The van der Waals surface area contributed by atoms with Crippen molar-refractivity contribution in [3.63, 3.8) is 0 Å². The van der Waals surface area contributed by atoms with Gasteiger partial charge in [-0.25, -0.2) is 4.98 Å². The fraction of sp³-hybridized carbons (Fsp3) is 0.250. The summed E-state index contributed by atoms with van der Waals surface area (Å²) in [5.41, 5.74) is 8.15. The van der Waals surface area contributed by atoms with Crippen molar-refractivity contribution in [2.45, 2.75) is 20.3 Å². The van der Waals surface area contributed by atoms with Gasteiger partial charge < -0.3 is 5.73 Å². The van der Waals surface area contributed by atoms with E-state index in [9.17, 15) is 0 Å². The van der Waals surface area contributed by atoms with E-state index in [2.05, 4.69) is 36.2 Å². The van der Waals surface area contributed by atoms with Crippen molar-refractivity contribution in [3.05, 3.63) is 35.5 Å². The normalized spacial score (nSPS) is 10.7. The van der Waals surface area contributed by atoms with Gasteiger partial charge in [-0.1, -0.05) is 25.1 Å². The van der Waals surface area contributed by atoms with Gasteiger partial charge in [0.15, 0.2) is 0 Å². The second-order valence-corrected chi connectivity index (χ2v) is 3.56. The molecule has 72 valence electrons. The lowest BCUT2D eigenvalue weighted by molar-refractivity contribution is 1.14. The molecule has 0 amide bonds. The summed E-state index contributed by atoms with van der Waals surface area (Å²) in [5, 5.41) is 2.24. The van der Waals surface area contributed by atoms with Crippen molar-refractivity contribution in [3.8, 4) is 0 Å². The van der Waals surface area contributed by atoms with E-state index in [4.69, 9.17) is 5.73 Å². The van der Waals surface area contributed by atoms with E-state index in [1.807, 2.05) is 6.92 Å². The number of fused-ring (bicyclic) bond motifs is 1. The molecule has 0 bridgehead atoms. The number of aromatic nitrogens is 1. The summed E-state index contributed by atoms with van der Waals surface area (Å²) in [5.74, 6) is 0.627. The maximum atomic E-state index is 5.84. The molecular weight excluding hydrogens is 172 g/mol. The molecule has 2 heteroatoms. The first-order valence-electron chi connectivity index (χ1n) is 4.86. The number of hydrogen-bond acceptors (Lipinski definition) is 2. The first-order chi connectivity index (χ1) is 6.70. The van der Waals surface area contributed by atoms with Gasteiger partial charge >= 0.3 is 0 Å². The van der Waals surface area contributed by atoms with E-state index in [1.165, 1.54) is 10.9 Å². The Morgan fingerprint density at radius 3 is 2.79 bits per heavy atom. The molecule has 0 aliphatic rings. The number of nitrogen functional groups attached to an aromatic ring is 1. The smallest absolute Gasteiger partial charge is 0.131 e. The predicted octanol–water partition coefficient (Wildman–Crippen LogP) is 2.69. The van der Waals surface area contributed by atoms with E-state index in [-0.39, 0.29) is 0 Å². The highest BCUT2D eigenvalue weighted by atomic mass is 14.8. The molecule has 2 nitrogen and oxygen atoms in total. The van der Waals surface area contributed by atoms with Crippen molar-refractivity contribution in [1.29, 1.82) is 0 Å². The highest BCUT2D eigenvalue weighted by molar-refractivity contribution is 5.91. The molecule has 1 aromatic heterocycles. The minimum atomic E-state index is 0.627. The molecule has 0 radical (unpaired) electrons. The summed E-state index contributed by atoms with van der Waals surface area (Å²) in [4.78, 5) is 4.24. The average molecular weight is 186 g/mol. The summed E-state index contributed by atoms with van der Waals surface area (Å²) in [6, 6.07) is 8.41. The van der Waals surface area contributed by atoms with Crippen LogP contribution >= 0.6 is 0 Å². The van der Waals surface area contributed by atoms with E-state index in [0.717, 1.165) is 17.5 Å². The van der Waals surface area contributed by atoms with Gasteiger partial charge in [-0.05, 0) is 30.4 Å². The first kappa shape index (κ1) is 9.00. The van der Waals surface area contributed by atoms with Crippen molar-refractivity contribution in [2.75, 3.05) is 5.73 Å². The Morgan fingerprint density at radius 2 is 2.07 bits per heavy atom. The van der Waals surface area contributed by atoms with Crippen LogP contribution < -0.4 is 5.73 Å². The minimum absolute atomic E-state index is 0.627. The largest absolute Gasteiger partial charge is 0.383 e. The molecule has 1 aromatic carbocycles. The van der Waals surface area contributed by atoms with Crippen molar-refractivity contribution in [1.82, 2.24) is 4.98 Å². The number of rotatable bonds is 1. The third-order valence-corrected chi connectivity index (χ3v) is 2.46. The number of aryl methyl sites for hydroxylation is 2. The topological polar surface area (TPSA) is 38.9 Å². The van der Waals surface area contributed by atoms with Gasteiger partial charge in [-0.2, -0.15) is 0 Å². The van der Waals surface area contributed by atoms with Gasteiger partial charge in [0, 0.05) is 11.1 Å². The molecule has 0 saturated heterocycles. The molecule has 0 saturated carbocycles. The van der Waals surface area contributed by atoms with E-state index >= 15 is 0 Å². The predicted molar refractivity (Wildman–Crippen MR) is 60.3 cm³/mol. The molecule has 0 fully saturated rings.